The van der Waals surface area contributed by atoms with E-state index in [0.29, 0.717) is 6.61 Å². The van der Waals surface area contributed by atoms with Crippen molar-refractivity contribution >= 4 is 5.97 Å². The number of piperidine rings is 1. The van der Waals surface area contributed by atoms with E-state index in [9.17, 15) is 4.79 Å². The highest BCUT2D eigenvalue weighted by molar-refractivity contribution is 5.75. The van der Waals surface area contributed by atoms with Crippen LogP contribution in [0.4, 0.5) is 0 Å². The highest BCUT2D eigenvalue weighted by Gasteiger charge is 2.20. The van der Waals surface area contributed by atoms with E-state index in [0.717, 1.165) is 18.9 Å². The van der Waals surface area contributed by atoms with Crippen LogP contribution in [0.25, 0.3) is 0 Å². The first-order valence-corrected chi connectivity index (χ1v) is 6.73. The number of hydrogen-bond donors (Lipinski definition) is 1. The highest BCUT2D eigenvalue weighted by Crippen LogP contribution is 2.16. The Hall–Kier alpha value is -0.610. The zero-order valence-electron chi connectivity index (χ0n) is 11.4. The van der Waals surface area contributed by atoms with Crippen LogP contribution in [-0.4, -0.2) is 50.2 Å². The van der Waals surface area contributed by atoms with Crippen molar-refractivity contribution in [2.75, 3.05) is 33.3 Å². The van der Waals surface area contributed by atoms with E-state index < -0.39 is 0 Å². The molecule has 1 heterocycles. The molecule has 0 amide bonds. The molecule has 1 atom stereocenters. The molecule has 0 bridgehead atoms. The summed E-state index contributed by atoms with van der Waals surface area (Å²) in [7, 11) is 1.82. The summed E-state index contributed by atoms with van der Waals surface area (Å²) in [5.41, 5.74) is 0. The molecule has 1 N–H and O–H groups in total. The molecule has 1 aliphatic rings. The lowest BCUT2D eigenvalue weighted by Gasteiger charge is -2.30. The van der Waals surface area contributed by atoms with E-state index in [2.05, 4.69) is 17.1 Å². The van der Waals surface area contributed by atoms with Crippen LogP contribution in [-0.2, 0) is 9.53 Å². The molecule has 0 aromatic rings. The van der Waals surface area contributed by atoms with Crippen LogP contribution < -0.4 is 5.32 Å². The Balaban J connectivity index is 2.25. The standard InChI is InChI=1S/C13H26N2O2/c1-4-17-13(16)12(14-3)7-10-15-8-5-11(2)6-9-15/h11-12,14H,4-10H2,1-3H3. The number of likely N-dealkylation sites (N-methyl/N-ethyl adjacent to an activating group) is 1. The summed E-state index contributed by atoms with van der Waals surface area (Å²) >= 11 is 0. The summed E-state index contributed by atoms with van der Waals surface area (Å²) in [5, 5.41) is 3.03. The van der Waals surface area contributed by atoms with Crippen LogP contribution in [0.1, 0.15) is 33.1 Å². The largest absolute Gasteiger partial charge is 0.465 e. The van der Waals surface area contributed by atoms with Crippen LogP contribution in [0.3, 0.4) is 0 Å². The van der Waals surface area contributed by atoms with Gasteiger partial charge in [0.1, 0.15) is 6.04 Å². The minimum absolute atomic E-state index is 0.125. The van der Waals surface area contributed by atoms with E-state index >= 15 is 0 Å². The summed E-state index contributed by atoms with van der Waals surface area (Å²) in [6.45, 7) is 7.93. The molecular weight excluding hydrogens is 216 g/mol. The van der Waals surface area contributed by atoms with Gasteiger partial charge < -0.3 is 15.0 Å². The topological polar surface area (TPSA) is 41.6 Å². The van der Waals surface area contributed by atoms with Gasteiger partial charge >= 0.3 is 5.97 Å². The van der Waals surface area contributed by atoms with E-state index in [-0.39, 0.29) is 12.0 Å². The first kappa shape index (κ1) is 14.5. The lowest BCUT2D eigenvalue weighted by Crippen LogP contribution is -2.41. The summed E-state index contributed by atoms with van der Waals surface area (Å²) in [5.74, 6) is 0.733. The van der Waals surface area contributed by atoms with Gasteiger partial charge in [0.15, 0.2) is 0 Å². The van der Waals surface area contributed by atoms with E-state index in [1.807, 2.05) is 14.0 Å². The normalized spacial score (nSPS) is 20.2. The molecule has 0 spiro atoms. The maximum Gasteiger partial charge on any atom is 0.323 e. The van der Waals surface area contributed by atoms with E-state index in [4.69, 9.17) is 4.74 Å². The van der Waals surface area contributed by atoms with Crippen molar-refractivity contribution in [1.82, 2.24) is 10.2 Å². The second-order valence-electron chi connectivity index (χ2n) is 4.91. The molecule has 17 heavy (non-hydrogen) atoms. The molecule has 1 fully saturated rings. The van der Waals surface area contributed by atoms with Gasteiger partial charge in [-0.15, -0.1) is 0 Å². The van der Waals surface area contributed by atoms with Gasteiger partial charge in [0.05, 0.1) is 6.61 Å². The molecule has 100 valence electrons. The minimum atomic E-state index is -0.158. The third kappa shape index (κ3) is 5.04. The summed E-state index contributed by atoms with van der Waals surface area (Å²) in [6, 6.07) is -0.158. The highest BCUT2D eigenvalue weighted by atomic mass is 16.5. The summed E-state index contributed by atoms with van der Waals surface area (Å²) < 4.78 is 5.03. The molecule has 1 saturated heterocycles. The first-order chi connectivity index (χ1) is 8.17. The Morgan fingerprint density at radius 3 is 2.65 bits per heavy atom. The SMILES string of the molecule is CCOC(=O)C(CCN1CCC(C)CC1)NC. The fourth-order valence-electron chi connectivity index (χ4n) is 2.22. The second-order valence-corrected chi connectivity index (χ2v) is 4.91. The smallest absolute Gasteiger partial charge is 0.323 e. The maximum absolute atomic E-state index is 11.6. The van der Waals surface area contributed by atoms with Gasteiger partial charge in [-0.25, -0.2) is 0 Å². The predicted molar refractivity (Wildman–Crippen MR) is 68.9 cm³/mol. The van der Waals surface area contributed by atoms with Crippen molar-refractivity contribution in [2.45, 2.75) is 39.2 Å². The van der Waals surface area contributed by atoms with Crippen molar-refractivity contribution < 1.29 is 9.53 Å². The van der Waals surface area contributed by atoms with Crippen molar-refractivity contribution in [3.05, 3.63) is 0 Å². The number of hydrogen-bond acceptors (Lipinski definition) is 4. The zero-order valence-corrected chi connectivity index (χ0v) is 11.4. The van der Waals surface area contributed by atoms with Gasteiger partial charge in [0, 0.05) is 6.54 Å². The molecule has 0 saturated carbocycles. The van der Waals surface area contributed by atoms with Gasteiger partial charge in [-0.2, -0.15) is 0 Å². The van der Waals surface area contributed by atoms with E-state index in [1.54, 1.807) is 0 Å². The Morgan fingerprint density at radius 2 is 2.12 bits per heavy atom. The molecule has 0 aliphatic carbocycles. The first-order valence-electron chi connectivity index (χ1n) is 6.73. The monoisotopic (exact) mass is 242 g/mol. The predicted octanol–water partition coefficient (Wildman–Crippen LogP) is 1.26. The quantitative estimate of drug-likeness (QED) is 0.712. The lowest BCUT2D eigenvalue weighted by atomic mass is 9.99. The third-order valence-corrected chi connectivity index (χ3v) is 3.53. The molecule has 4 heteroatoms. The molecule has 0 aromatic heterocycles. The molecule has 0 aromatic carbocycles. The average molecular weight is 242 g/mol. The number of nitrogens with zero attached hydrogens (tertiary/aromatic N) is 1. The van der Waals surface area contributed by atoms with Gasteiger partial charge in [0.2, 0.25) is 0 Å². The fraction of sp³-hybridized carbons (Fsp3) is 0.923. The van der Waals surface area contributed by atoms with Crippen LogP contribution >= 0.6 is 0 Å². The van der Waals surface area contributed by atoms with Crippen LogP contribution in [0.2, 0.25) is 0 Å². The van der Waals surface area contributed by atoms with Gasteiger partial charge in [0.25, 0.3) is 0 Å². The lowest BCUT2D eigenvalue weighted by molar-refractivity contribution is -0.145. The van der Waals surface area contributed by atoms with Crippen LogP contribution in [0.5, 0.6) is 0 Å². The Bertz CT molecular complexity index is 225. The molecule has 1 aliphatic heterocycles. The van der Waals surface area contributed by atoms with Gasteiger partial charge in [-0.1, -0.05) is 6.92 Å². The number of rotatable bonds is 6. The van der Waals surface area contributed by atoms with Crippen molar-refractivity contribution in [2.24, 2.45) is 5.92 Å². The van der Waals surface area contributed by atoms with Gasteiger partial charge in [-0.3, -0.25) is 4.79 Å². The number of carbonyl (C=O) groups excluding carboxylic acids is 1. The second kappa shape index (κ2) is 7.67. The average Bonchev–Trinajstić information content (AvgIpc) is 2.32. The molecule has 1 unspecified atom stereocenters. The third-order valence-electron chi connectivity index (χ3n) is 3.53. The number of esters is 1. The Morgan fingerprint density at radius 1 is 1.47 bits per heavy atom. The Kier molecular flexibility index (Phi) is 6.52. The number of likely N-dealkylation sites (tertiary alicyclic amines) is 1. The van der Waals surface area contributed by atoms with Crippen molar-refractivity contribution in [1.29, 1.82) is 0 Å². The van der Waals surface area contributed by atoms with Crippen LogP contribution in [0, 0.1) is 5.92 Å². The maximum atomic E-state index is 11.6. The number of nitrogens with one attached hydrogen (secondary N) is 1. The molecule has 4 nitrogen and oxygen atoms in total. The Labute approximate surface area is 105 Å². The van der Waals surface area contributed by atoms with E-state index in [1.165, 1.54) is 25.9 Å². The van der Waals surface area contributed by atoms with Gasteiger partial charge in [-0.05, 0) is 52.2 Å². The van der Waals surface area contributed by atoms with Crippen molar-refractivity contribution in [3.63, 3.8) is 0 Å². The van der Waals surface area contributed by atoms with Crippen LogP contribution in [0.15, 0.2) is 0 Å². The molecular formula is C13H26N2O2. The minimum Gasteiger partial charge on any atom is -0.465 e. The fourth-order valence-corrected chi connectivity index (χ4v) is 2.22. The summed E-state index contributed by atoms with van der Waals surface area (Å²) in [6.07, 6.45) is 3.40. The number of carbonyl (C=O) groups is 1. The number of ether oxygens (including phenoxy) is 1. The molecule has 1 rings (SSSR count). The zero-order chi connectivity index (χ0) is 12.7. The van der Waals surface area contributed by atoms with Crippen molar-refractivity contribution in [3.8, 4) is 0 Å². The molecule has 0 radical (unpaired) electrons. The summed E-state index contributed by atoms with van der Waals surface area (Å²) in [4.78, 5) is 14.0.